The number of hydrogen-bond donors (Lipinski definition) is 2. The molecule has 0 radical (unpaired) electrons. The highest BCUT2D eigenvalue weighted by Crippen LogP contribution is 2.21. The molecule has 0 fully saturated rings. The van der Waals surface area contributed by atoms with Gasteiger partial charge in [0.1, 0.15) is 5.82 Å². The largest absolute Gasteiger partial charge is 0.333 e. The van der Waals surface area contributed by atoms with E-state index >= 15 is 0 Å². The Balaban J connectivity index is 1.98. The molecule has 128 valence electrons. The van der Waals surface area contributed by atoms with Gasteiger partial charge in [-0.1, -0.05) is 30.0 Å². The SMILES string of the molecule is Cc1nnc(SCC(=O)NC(=O)NC(C)(C)C)n1-c1ccccc1. The lowest BCUT2D eigenvalue weighted by molar-refractivity contribution is -0.117. The molecule has 24 heavy (non-hydrogen) atoms. The molecule has 1 heterocycles. The van der Waals surface area contributed by atoms with Gasteiger partial charge in [0, 0.05) is 11.2 Å². The van der Waals surface area contributed by atoms with Crippen LogP contribution in [0.4, 0.5) is 4.79 Å². The maximum Gasteiger partial charge on any atom is 0.321 e. The van der Waals surface area contributed by atoms with Crippen LogP contribution in [-0.2, 0) is 4.79 Å². The summed E-state index contributed by atoms with van der Waals surface area (Å²) < 4.78 is 1.87. The number of thioether (sulfide) groups is 1. The number of benzene rings is 1. The molecular weight excluding hydrogens is 326 g/mol. The Morgan fingerprint density at radius 2 is 1.83 bits per heavy atom. The number of carbonyl (C=O) groups excluding carboxylic acids is 2. The van der Waals surface area contributed by atoms with Gasteiger partial charge in [0.2, 0.25) is 5.91 Å². The van der Waals surface area contributed by atoms with Gasteiger partial charge in [-0.15, -0.1) is 10.2 Å². The van der Waals surface area contributed by atoms with Crippen molar-refractivity contribution in [1.82, 2.24) is 25.4 Å². The number of amides is 3. The fraction of sp³-hybridized carbons (Fsp3) is 0.375. The van der Waals surface area contributed by atoms with Crippen LogP contribution in [0.3, 0.4) is 0 Å². The van der Waals surface area contributed by atoms with Crippen molar-refractivity contribution >= 4 is 23.7 Å². The number of para-hydroxylation sites is 1. The van der Waals surface area contributed by atoms with Gasteiger partial charge < -0.3 is 5.32 Å². The summed E-state index contributed by atoms with van der Waals surface area (Å²) in [5.41, 5.74) is 0.524. The Hall–Kier alpha value is -2.35. The summed E-state index contributed by atoms with van der Waals surface area (Å²) in [5, 5.41) is 13.7. The molecule has 0 saturated heterocycles. The first-order valence-electron chi connectivity index (χ1n) is 7.48. The Kier molecular flexibility index (Phi) is 5.61. The van der Waals surface area contributed by atoms with E-state index in [4.69, 9.17) is 0 Å². The molecule has 2 rings (SSSR count). The number of rotatable bonds is 4. The van der Waals surface area contributed by atoms with E-state index in [2.05, 4.69) is 20.8 Å². The molecule has 2 aromatic rings. The molecule has 1 aromatic heterocycles. The lowest BCUT2D eigenvalue weighted by Crippen LogP contribution is -2.48. The van der Waals surface area contributed by atoms with E-state index in [1.54, 1.807) is 0 Å². The zero-order chi connectivity index (χ0) is 17.7. The third kappa shape index (κ3) is 5.09. The highest BCUT2D eigenvalue weighted by molar-refractivity contribution is 7.99. The van der Waals surface area contributed by atoms with E-state index in [0.29, 0.717) is 5.16 Å². The summed E-state index contributed by atoms with van der Waals surface area (Å²) in [6, 6.07) is 9.15. The second-order valence-corrected chi connectivity index (χ2v) is 7.18. The number of imide groups is 1. The standard InChI is InChI=1S/C16H21N5O2S/c1-11-19-20-15(21(11)12-8-6-5-7-9-12)24-10-13(22)17-14(23)18-16(2,3)4/h5-9H,10H2,1-4H3,(H2,17,18,22,23). The zero-order valence-electron chi connectivity index (χ0n) is 14.2. The third-order valence-corrected chi connectivity index (χ3v) is 3.81. The molecule has 0 spiro atoms. The van der Waals surface area contributed by atoms with Crippen LogP contribution in [0, 0.1) is 6.92 Å². The average Bonchev–Trinajstić information content (AvgIpc) is 2.85. The summed E-state index contributed by atoms with van der Waals surface area (Å²) in [5.74, 6) is 0.416. The van der Waals surface area contributed by atoms with Gasteiger partial charge >= 0.3 is 6.03 Å². The predicted molar refractivity (Wildman–Crippen MR) is 93.2 cm³/mol. The number of carbonyl (C=O) groups is 2. The Morgan fingerprint density at radius 1 is 1.17 bits per heavy atom. The number of aryl methyl sites for hydroxylation is 1. The molecule has 0 unspecified atom stereocenters. The second-order valence-electron chi connectivity index (χ2n) is 6.24. The van der Waals surface area contributed by atoms with Crippen LogP contribution < -0.4 is 10.6 Å². The van der Waals surface area contributed by atoms with Crippen molar-refractivity contribution < 1.29 is 9.59 Å². The van der Waals surface area contributed by atoms with E-state index in [9.17, 15) is 9.59 Å². The number of aromatic nitrogens is 3. The van der Waals surface area contributed by atoms with Gasteiger partial charge in [0.05, 0.1) is 5.75 Å². The Bertz CT molecular complexity index is 722. The first-order chi connectivity index (χ1) is 11.3. The lowest BCUT2D eigenvalue weighted by atomic mass is 10.1. The smallest absolute Gasteiger partial charge is 0.321 e. The average molecular weight is 347 g/mol. The fourth-order valence-corrected chi connectivity index (χ4v) is 2.77. The van der Waals surface area contributed by atoms with Crippen LogP contribution >= 0.6 is 11.8 Å². The van der Waals surface area contributed by atoms with Crippen LogP contribution in [0.15, 0.2) is 35.5 Å². The van der Waals surface area contributed by atoms with Gasteiger partial charge in [-0.25, -0.2) is 4.79 Å². The highest BCUT2D eigenvalue weighted by Gasteiger charge is 2.17. The second kappa shape index (κ2) is 7.48. The predicted octanol–water partition coefficient (Wildman–Crippen LogP) is 2.29. The first-order valence-corrected chi connectivity index (χ1v) is 8.47. The Morgan fingerprint density at radius 3 is 2.46 bits per heavy atom. The van der Waals surface area contributed by atoms with Crippen molar-refractivity contribution in [2.45, 2.75) is 38.4 Å². The molecule has 0 aliphatic rings. The maximum atomic E-state index is 11.9. The van der Waals surface area contributed by atoms with Crippen LogP contribution in [0.5, 0.6) is 0 Å². The van der Waals surface area contributed by atoms with Crippen molar-refractivity contribution in [3.63, 3.8) is 0 Å². The monoisotopic (exact) mass is 347 g/mol. The lowest BCUT2D eigenvalue weighted by Gasteiger charge is -2.20. The molecule has 7 nitrogen and oxygen atoms in total. The minimum atomic E-state index is -0.506. The molecular formula is C16H21N5O2S. The fourth-order valence-electron chi connectivity index (χ4n) is 1.98. The van der Waals surface area contributed by atoms with Gasteiger partial charge in [-0.2, -0.15) is 0 Å². The van der Waals surface area contributed by atoms with Crippen molar-refractivity contribution in [2.75, 3.05) is 5.75 Å². The van der Waals surface area contributed by atoms with Gasteiger partial charge in [0.25, 0.3) is 0 Å². The van der Waals surface area contributed by atoms with Crippen molar-refractivity contribution in [3.8, 4) is 5.69 Å². The number of nitrogens with zero attached hydrogens (tertiary/aromatic N) is 3. The van der Waals surface area contributed by atoms with Gasteiger partial charge in [-0.05, 0) is 39.8 Å². The first kappa shape index (κ1) is 18.0. The van der Waals surface area contributed by atoms with E-state index in [-0.39, 0.29) is 11.7 Å². The molecule has 0 aliphatic heterocycles. The highest BCUT2D eigenvalue weighted by atomic mass is 32.2. The number of hydrogen-bond acceptors (Lipinski definition) is 5. The Labute approximate surface area is 145 Å². The minimum Gasteiger partial charge on any atom is -0.333 e. The minimum absolute atomic E-state index is 0.0720. The summed E-state index contributed by atoms with van der Waals surface area (Å²) in [6.07, 6.45) is 0. The van der Waals surface area contributed by atoms with Gasteiger partial charge in [-0.3, -0.25) is 14.7 Å². The van der Waals surface area contributed by atoms with Crippen molar-refractivity contribution in [3.05, 3.63) is 36.2 Å². The normalized spacial score (nSPS) is 11.2. The van der Waals surface area contributed by atoms with Crippen LogP contribution in [0.25, 0.3) is 5.69 Å². The van der Waals surface area contributed by atoms with Gasteiger partial charge in [0.15, 0.2) is 5.16 Å². The summed E-state index contributed by atoms with van der Waals surface area (Å²) >= 11 is 1.23. The molecule has 2 N–H and O–H groups in total. The van der Waals surface area contributed by atoms with E-state index in [1.807, 2.05) is 62.6 Å². The molecule has 0 aliphatic carbocycles. The molecule has 3 amide bonds. The summed E-state index contributed by atoms with van der Waals surface area (Å²) in [6.45, 7) is 7.38. The number of nitrogens with one attached hydrogen (secondary N) is 2. The van der Waals surface area contributed by atoms with Crippen molar-refractivity contribution in [2.24, 2.45) is 0 Å². The molecule has 0 bridgehead atoms. The van der Waals surface area contributed by atoms with Crippen LogP contribution in [0.2, 0.25) is 0 Å². The third-order valence-electron chi connectivity index (χ3n) is 2.88. The maximum absolute atomic E-state index is 11.9. The molecule has 8 heteroatoms. The van der Waals surface area contributed by atoms with Crippen LogP contribution in [-0.4, -0.2) is 38.0 Å². The van der Waals surface area contributed by atoms with E-state index < -0.39 is 11.6 Å². The molecule has 0 atom stereocenters. The summed E-state index contributed by atoms with van der Waals surface area (Å²) in [4.78, 5) is 23.6. The van der Waals surface area contributed by atoms with E-state index in [1.165, 1.54) is 11.8 Å². The van der Waals surface area contributed by atoms with Crippen LogP contribution in [0.1, 0.15) is 26.6 Å². The topological polar surface area (TPSA) is 88.9 Å². The number of urea groups is 1. The van der Waals surface area contributed by atoms with Crippen molar-refractivity contribution in [1.29, 1.82) is 0 Å². The van der Waals surface area contributed by atoms with E-state index in [0.717, 1.165) is 11.5 Å². The zero-order valence-corrected chi connectivity index (χ0v) is 15.0. The summed E-state index contributed by atoms with van der Waals surface area (Å²) in [7, 11) is 0. The molecule has 1 aromatic carbocycles. The molecule has 0 saturated carbocycles. The quantitative estimate of drug-likeness (QED) is 0.829.